The van der Waals surface area contributed by atoms with Crippen LogP contribution in [-0.4, -0.2) is 33.9 Å². The number of hydrogen-bond donors (Lipinski definition) is 1. The van der Waals surface area contributed by atoms with E-state index in [2.05, 4.69) is 0 Å². The Bertz CT molecular complexity index is 584. The molecule has 4 nitrogen and oxygen atoms in total. The molecule has 0 aromatic heterocycles. The van der Waals surface area contributed by atoms with Crippen LogP contribution in [-0.2, 0) is 4.79 Å². The lowest BCUT2D eigenvalue weighted by atomic mass is 10.2. The maximum absolute atomic E-state index is 12.2. The molecule has 1 aromatic carbocycles. The van der Waals surface area contributed by atoms with E-state index in [0.717, 1.165) is 12.0 Å². The van der Waals surface area contributed by atoms with Crippen molar-refractivity contribution in [1.82, 2.24) is 4.90 Å². The molecule has 1 fully saturated rings. The van der Waals surface area contributed by atoms with Crippen LogP contribution in [0.15, 0.2) is 23.1 Å². The molecule has 1 N–H and O–H groups in total. The number of methoxy groups -OCH3 is 1. The zero-order chi connectivity index (χ0) is 14.7. The third kappa shape index (κ3) is 2.96. The summed E-state index contributed by atoms with van der Waals surface area (Å²) in [7, 11) is 1.49. The van der Waals surface area contributed by atoms with E-state index in [1.807, 2.05) is 6.92 Å². The Morgan fingerprint density at radius 2 is 2.25 bits per heavy atom. The number of thioether (sulfide) groups is 1. The lowest BCUT2D eigenvalue weighted by molar-refractivity contribution is -0.122. The molecule has 0 spiro atoms. The Balaban J connectivity index is 2.28. The van der Waals surface area contributed by atoms with E-state index in [0.29, 0.717) is 21.5 Å². The number of ether oxygens (including phenoxy) is 1. The number of hydrogen-bond acceptors (Lipinski definition) is 5. The van der Waals surface area contributed by atoms with Crippen LogP contribution in [0.2, 0.25) is 0 Å². The first-order valence-corrected chi connectivity index (χ1v) is 7.41. The smallest absolute Gasteiger partial charge is 0.266 e. The molecular weight excluding hydrogens is 294 g/mol. The molecule has 1 heterocycles. The Morgan fingerprint density at radius 1 is 1.50 bits per heavy atom. The molecule has 1 aromatic rings. The molecule has 0 atom stereocenters. The lowest BCUT2D eigenvalue weighted by Crippen LogP contribution is -2.28. The van der Waals surface area contributed by atoms with Gasteiger partial charge in [-0.1, -0.05) is 37.0 Å². The summed E-state index contributed by atoms with van der Waals surface area (Å²) in [5.41, 5.74) is 0.789. The molecule has 1 aliphatic heterocycles. The van der Waals surface area contributed by atoms with Crippen molar-refractivity contribution in [2.24, 2.45) is 0 Å². The van der Waals surface area contributed by atoms with E-state index >= 15 is 0 Å². The Hall–Kier alpha value is -1.53. The average molecular weight is 309 g/mol. The minimum Gasteiger partial charge on any atom is -0.504 e. The van der Waals surface area contributed by atoms with Crippen molar-refractivity contribution < 1.29 is 14.6 Å². The van der Waals surface area contributed by atoms with Crippen LogP contribution in [0.25, 0.3) is 6.08 Å². The van der Waals surface area contributed by atoms with Gasteiger partial charge in [-0.3, -0.25) is 9.69 Å². The third-order valence-corrected chi connectivity index (χ3v) is 4.20. The predicted molar refractivity (Wildman–Crippen MR) is 84.8 cm³/mol. The summed E-state index contributed by atoms with van der Waals surface area (Å²) < 4.78 is 5.64. The summed E-state index contributed by atoms with van der Waals surface area (Å²) in [6.45, 7) is 2.65. The maximum atomic E-state index is 12.2. The van der Waals surface area contributed by atoms with Crippen molar-refractivity contribution in [1.29, 1.82) is 0 Å². The topological polar surface area (TPSA) is 49.8 Å². The Labute approximate surface area is 127 Å². The van der Waals surface area contributed by atoms with Crippen LogP contribution in [0, 0.1) is 0 Å². The molecule has 0 saturated carbocycles. The highest BCUT2D eigenvalue weighted by atomic mass is 32.2. The second-order valence-electron chi connectivity index (χ2n) is 4.26. The van der Waals surface area contributed by atoms with Gasteiger partial charge in [-0.05, 0) is 30.2 Å². The van der Waals surface area contributed by atoms with Crippen LogP contribution in [0.3, 0.4) is 0 Å². The van der Waals surface area contributed by atoms with E-state index in [1.165, 1.54) is 24.9 Å². The van der Waals surface area contributed by atoms with Crippen LogP contribution < -0.4 is 4.74 Å². The minimum absolute atomic E-state index is 0.0612. The molecule has 0 bridgehead atoms. The summed E-state index contributed by atoms with van der Waals surface area (Å²) in [6, 6.07) is 4.95. The van der Waals surface area contributed by atoms with Gasteiger partial charge < -0.3 is 9.84 Å². The van der Waals surface area contributed by atoms with Crippen LogP contribution >= 0.6 is 24.0 Å². The van der Waals surface area contributed by atoms with Gasteiger partial charge in [0.2, 0.25) is 0 Å². The molecule has 1 aliphatic rings. The van der Waals surface area contributed by atoms with Crippen molar-refractivity contribution >= 4 is 40.3 Å². The first-order valence-electron chi connectivity index (χ1n) is 6.19. The van der Waals surface area contributed by atoms with Gasteiger partial charge in [0, 0.05) is 6.54 Å². The van der Waals surface area contributed by atoms with Gasteiger partial charge in [-0.15, -0.1) is 0 Å². The van der Waals surface area contributed by atoms with Gasteiger partial charge in [-0.25, -0.2) is 0 Å². The first kappa shape index (κ1) is 14.9. The number of benzene rings is 1. The number of carbonyl (C=O) groups excluding carboxylic acids is 1. The highest BCUT2D eigenvalue weighted by molar-refractivity contribution is 8.26. The van der Waals surface area contributed by atoms with Crippen molar-refractivity contribution in [3.63, 3.8) is 0 Å². The number of aromatic hydroxyl groups is 1. The number of carbonyl (C=O) groups is 1. The first-order chi connectivity index (χ1) is 9.56. The van der Waals surface area contributed by atoms with E-state index in [-0.39, 0.29) is 11.7 Å². The SMILES string of the molecule is CCCN1C(=O)/C(=C/c2ccc(O)c(OC)c2)SC1=S. The van der Waals surface area contributed by atoms with Gasteiger partial charge in [0.1, 0.15) is 4.32 Å². The maximum Gasteiger partial charge on any atom is 0.266 e. The van der Waals surface area contributed by atoms with Gasteiger partial charge in [0.15, 0.2) is 11.5 Å². The predicted octanol–water partition coefficient (Wildman–Crippen LogP) is 3.01. The second-order valence-corrected chi connectivity index (χ2v) is 5.94. The van der Waals surface area contributed by atoms with Gasteiger partial charge >= 0.3 is 0 Å². The standard InChI is InChI=1S/C14H15NO3S2/c1-3-6-15-13(17)12(20-14(15)19)8-9-4-5-10(16)11(7-9)18-2/h4-5,7-8,16H,3,6H2,1-2H3/b12-8-. The highest BCUT2D eigenvalue weighted by Gasteiger charge is 2.31. The van der Waals surface area contributed by atoms with Crippen molar-refractivity contribution in [3.05, 3.63) is 28.7 Å². The molecule has 0 aliphatic carbocycles. The summed E-state index contributed by atoms with van der Waals surface area (Å²) >= 11 is 6.51. The summed E-state index contributed by atoms with van der Waals surface area (Å²) in [5, 5.41) is 9.56. The number of phenols is 1. The zero-order valence-electron chi connectivity index (χ0n) is 11.3. The molecule has 2 rings (SSSR count). The van der Waals surface area contributed by atoms with Gasteiger partial charge in [0.05, 0.1) is 12.0 Å². The summed E-state index contributed by atoms with van der Waals surface area (Å²) in [4.78, 5) is 14.4. The Kier molecular flexibility index (Phi) is 4.67. The Morgan fingerprint density at radius 3 is 2.90 bits per heavy atom. The van der Waals surface area contributed by atoms with Crippen molar-refractivity contribution in [3.8, 4) is 11.5 Å². The average Bonchev–Trinajstić information content (AvgIpc) is 2.69. The number of thiocarbonyl (C=S) groups is 1. The normalized spacial score (nSPS) is 17.1. The lowest BCUT2D eigenvalue weighted by Gasteiger charge is -2.11. The monoisotopic (exact) mass is 309 g/mol. The quantitative estimate of drug-likeness (QED) is 0.684. The molecule has 20 heavy (non-hydrogen) atoms. The summed E-state index contributed by atoms with van der Waals surface area (Å²) in [6.07, 6.45) is 2.63. The summed E-state index contributed by atoms with van der Waals surface area (Å²) in [5.74, 6) is 0.389. The van der Waals surface area contributed by atoms with Gasteiger partial charge in [0.25, 0.3) is 5.91 Å². The fourth-order valence-electron chi connectivity index (χ4n) is 1.85. The van der Waals surface area contributed by atoms with Crippen LogP contribution in [0.1, 0.15) is 18.9 Å². The highest BCUT2D eigenvalue weighted by Crippen LogP contribution is 2.34. The van der Waals surface area contributed by atoms with Gasteiger partial charge in [-0.2, -0.15) is 0 Å². The fraction of sp³-hybridized carbons (Fsp3) is 0.286. The number of rotatable bonds is 4. The molecular formula is C14H15NO3S2. The molecule has 6 heteroatoms. The molecule has 1 amide bonds. The number of nitrogens with zero attached hydrogens (tertiary/aromatic N) is 1. The number of phenolic OH excluding ortho intramolecular Hbond substituents is 1. The molecule has 0 radical (unpaired) electrons. The zero-order valence-corrected chi connectivity index (χ0v) is 12.9. The van der Waals surface area contributed by atoms with Crippen LogP contribution in [0.4, 0.5) is 0 Å². The van der Waals surface area contributed by atoms with E-state index in [4.69, 9.17) is 17.0 Å². The molecule has 106 valence electrons. The molecule has 1 saturated heterocycles. The van der Waals surface area contributed by atoms with Crippen molar-refractivity contribution in [2.75, 3.05) is 13.7 Å². The fourth-order valence-corrected chi connectivity index (χ4v) is 3.16. The van der Waals surface area contributed by atoms with E-state index in [1.54, 1.807) is 23.1 Å². The minimum atomic E-state index is -0.0612. The van der Waals surface area contributed by atoms with Crippen molar-refractivity contribution in [2.45, 2.75) is 13.3 Å². The second kappa shape index (κ2) is 6.28. The third-order valence-electron chi connectivity index (χ3n) is 2.82. The molecule has 0 unspecified atom stereocenters. The van der Waals surface area contributed by atoms with E-state index in [9.17, 15) is 9.90 Å². The van der Waals surface area contributed by atoms with E-state index < -0.39 is 0 Å². The number of amides is 1. The van der Waals surface area contributed by atoms with Crippen LogP contribution in [0.5, 0.6) is 11.5 Å². The largest absolute Gasteiger partial charge is 0.504 e.